The summed E-state index contributed by atoms with van der Waals surface area (Å²) < 4.78 is 1.88. The van der Waals surface area contributed by atoms with Crippen molar-refractivity contribution in [2.45, 2.75) is 64.1 Å². The zero-order valence-corrected chi connectivity index (χ0v) is 13.0. The Morgan fingerprint density at radius 2 is 2.00 bits per heavy atom. The molecule has 1 aliphatic rings. The van der Waals surface area contributed by atoms with Gasteiger partial charge in [0.2, 0.25) is 0 Å². The normalized spacial score (nSPS) is 24.5. The average molecular weight is 264 g/mol. The Labute approximate surface area is 117 Å². The lowest BCUT2D eigenvalue weighted by Gasteiger charge is -2.42. The zero-order chi connectivity index (χ0) is 14.0. The molecule has 0 radical (unpaired) electrons. The Bertz CT molecular complexity index is 405. The number of hydrogen-bond donors (Lipinski definition) is 1. The number of nitrogens with one attached hydrogen (secondary N) is 1. The second-order valence-electron chi connectivity index (χ2n) is 6.84. The topological polar surface area (TPSA) is 33.1 Å². The monoisotopic (exact) mass is 264 g/mol. The van der Waals surface area contributed by atoms with Crippen LogP contribution < -0.4 is 10.2 Å². The lowest BCUT2D eigenvalue weighted by molar-refractivity contribution is 0.262. The first kappa shape index (κ1) is 14.4. The van der Waals surface area contributed by atoms with Gasteiger partial charge in [0.25, 0.3) is 0 Å². The molecule has 4 heteroatoms. The van der Waals surface area contributed by atoms with Gasteiger partial charge in [0.1, 0.15) is 0 Å². The molecular formula is C15H28N4. The van der Waals surface area contributed by atoms with Crippen molar-refractivity contribution >= 4 is 5.69 Å². The van der Waals surface area contributed by atoms with Crippen molar-refractivity contribution in [3.8, 4) is 0 Å². The fourth-order valence-corrected chi connectivity index (χ4v) is 3.08. The summed E-state index contributed by atoms with van der Waals surface area (Å²) >= 11 is 0. The van der Waals surface area contributed by atoms with Crippen molar-refractivity contribution in [2.24, 2.45) is 7.05 Å². The molecule has 1 aromatic heterocycles. The number of anilines is 1. The van der Waals surface area contributed by atoms with Crippen molar-refractivity contribution < 1.29 is 0 Å². The third kappa shape index (κ3) is 3.72. The van der Waals surface area contributed by atoms with Crippen LogP contribution in [0.25, 0.3) is 0 Å². The summed E-state index contributed by atoms with van der Waals surface area (Å²) in [5.41, 5.74) is 1.39. The smallest absolute Gasteiger partial charge is 0.0752 e. The van der Waals surface area contributed by atoms with Gasteiger partial charge in [-0.2, -0.15) is 5.10 Å². The van der Waals surface area contributed by atoms with E-state index in [1.54, 1.807) is 0 Å². The van der Waals surface area contributed by atoms with E-state index in [4.69, 9.17) is 0 Å². The van der Waals surface area contributed by atoms with Crippen molar-refractivity contribution in [1.82, 2.24) is 15.1 Å². The van der Waals surface area contributed by atoms with Gasteiger partial charge in [0.05, 0.1) is 11.9 Å². The van der Waals surface area contributed by atoms with Gasteiger partial charge in [0.15, 0.2) is 0 Å². The van der Waals surface area contributed by atoms with Gasteiger partial charge < -0.3 is 10.2 Å². The van der Waals surface area contributed by atoms with Crippen LogP contribution in [0.5, 0.6) is 0 Å². The molecule has 19 heavy (non-hydrogen) atoms. The highest BCUT2D eigenvalue weighted by atomic mass is 15.3. The number of nitrogens with zero attached hydrogens (tertiary/aromatic N) is 3. The maximum atomic E-state index is 4.29. The van der Waals surface area contributed by atoms with Crippen LogP contribution in [0, 0.1) is 0 Å². The molecule has 1 aromatic rings. The molecule has 0 amide bonds. The van der Waals surface area contributed by atoms with Crippen molar-refractivity contribution in [1.29, 1.82) is 0 Å². The minimum absolute atomic E-state index is 0.177. The molecule has 0 aromatic carbocycles. The van der Waals surface area contributed by atoms with Gasteiger partial charge in [-0.05, 0) is 33.6 Å². The summed E-state index contributed by atoms with van der Waals surface area (Å²) in [6.07, 6.45) is 9.26. The molecule has 0 spiro atoms. The second kappa shape index (κ2) is 5.53. The van der Waals surface area contributed by atoms with Crippen molar-refractivity contribution in [3.63, 3.8) is 0 Å². The molecule has 0 unspecified atom stereocenters. The quantitative estimate of drug-likeness (QED) is 0.911. The first-order valence-corrected chi connectivity index (χ1v) is 7.36. The number of likely N-dealkylation sites (N-methyl/N-ethyl adjacent to an activating group) is 1. The SMILES string of the molecule is CN(c1cnn(C)c1)[C@H]1CCCC[C@@H]1NC(C)(C)C. The van der Waals surface area contributed by atoms with E-state index in [9.17, 15) is 0 Å². The van der Waals surface area contributed by atoms with Crippen molar-refractivity contribution in [3.05, 3.63) is 12.4 Å². The van der Waals surface area contributed by atoms with Crippen LogP contribution in [0.15, 0.2) is 12.4 Å². The molecule has 108 valence electrons. The van der Waals surface area contributed by atoms with E-state index in [0.717, 1.165) is 0 Å². The second-order valence-corrected chi connectivity index (χ2v) is 6.84. The van der Waals surface area contributed by atoms with E-state index in [-0.39, 0.29) is 5.54 Å². The van der Waals surface area contributed by atoms with E-state index in [2.05, 4.69) is 49.3 Å². The minimum Gasteiger partial charge on any atom is -0.368 e. The average Bonchev–Trinajstić information content (AvgIpc) is 2.74. The fraction of sp³-hybridized carbons (Fsp3) is 0.800. The van der Waals surface area contributed by atoms with Gasteiger partial charge in [0, 0.05) is 37.9 Å². The Balaban J connectivity index is 2.10. The van der Waals surface area contributed by atoms with Gasteiger partial charge in [-0.25, -0.2) is 0 Å². The first-order chi connectivity index (χ1) is 8.87. The Kier molecular flexibility index (Phi) is 4.19. The number of rotatable bonds is 3. The van der Waals surface area contributed by atoms with E-state index in [0.29, 0.717) is 12.1 Å². The van der Waals surface area contributed by atoms with Gasteiger partial charge in [-0.1, -0.05) is 12.8 Å². The lowest BCUT2D eigenvalue weighted by atomic mass is 9.87. The fourth-order valence-electron chi connectivity index (χ4n) is 3.08. The van der Waals surface area contributed by atoms with Crippen LogP contribution in [0.2, 0.25) is 0 Å². The molecule has 4 nitrogen and oxygen atoms in total. The van der Waals surface area contributed by atoms with Crippen LogP contribution in [-0.4, -0.2) is 34.5 Å². The molecule has 0 bridgehead atoms. The molecule has 1 fully saturated rings. The summed E-state index contributed by atoms with van der Waals surface area (Å²) in [5.74, 6) is 0. The maximum Gasteiger partial charge on any atom is 0.0752 e. The Morgan fingerprint density at radius 3 is 2.58 bits per heavy atom. The van der Waals surface area contributed by atoms with Crippen LogP contribution >= 0.6 is 0 Å². The third-order valence-corrected chi connectivity index (χ3v) is 3.94. The molecule has 1 heterocycles. The summed E-state index contributed by atoms with van der Waals surface area (Å²) in [6.45, 7) is 6.76. The molecule has 2 atom stereocenters. The highest BCUT2D eigenvalue weighted by Crippen LogP contribution is 2.27. The number of aryl methyl sites for hydroxylation is 1. The largest absolute Gasteiger partial charge is 0.368 e. The summed E-state index contributed by atoms with van der Waals surface area (Å²) in [5, 5.41) is 8.08. The van der Waals surface area contributed by atoms with Crippen LogP contribution in [0.4, 0.5) is 5.69 Å². The zero-order valence-electron chi connectivity index (χ0n) is 13.0. The number of hydrogen-bond acceptors (Lipinski definition) is 3. The summed E-state index contributed by atoms with van der Waals surface area (Å²) in [6, 6.07) is 1.14. The highest BCUT2D eigenvalue weighted by molar-refractivity contribution is 5.43. The standard InChI is InChI=1S/C15H28N4/c1-15(2,3)17-13-8-6-7-9-14(13)19(5)12-10-16-18(4)11-12/h10-11,13-14,17H,6-9H2,1-5H3/t13-,14-/m0/s1. The van der Waals surface area contributed by atoms with Gasteiger partial charge >= 0.3 is 0 Å². The predicted octanol–water partition coefficient (Wildman–Crippen LogP) is 2.56. The Morgan fingerprint density at radius 1 is 1.32 bits per heavy atom. The van der Waals surface area contributed by atoms with E-state index in [1.165, 1.54) is 31.4 Å². The summed E-state index contributed by atoms with van der Waals surface area (Å²) in [4.78, 5) is 2.40. The van der Waals surface area contributed by atoms with E-state index in [1.807, 2.05) is 17.9 Å². The molecule has 1 saturated carbocycles. The van der Waals surface area contributed by atoms with Crippen LogP contribution in [0.1, 0.15) is 46.5 Å². The highest BCUT2D eigenvalue weighted by Gasteiger charge is 2.31. The summed E-state index contributed by atoms with van der Waals surface area (Å²) in [7, 11) is 4.17. The van der Waals surface area contributed by atoms with Crippen molar-refractivity contribution in [2.75, 3.05) is 11.9 Å². The van der Waals surface area contributed by atoms with Gasteiger partial charge in [-0.15, -0.1) is 0 Å². The van der Waals surface area contributed by atoms with Crippen LogP contribution in [0.3, 0.4) is 0 Å². The molecule has 1 N–H and O–H groups in total. The lowest BCUT2D eigenvalue weighted by Crippen LogP contribution is -2.55. The minimum atomic E-state index is 0.177. The van der Waals surface area contributed by atoms with E-state index >= 15 is 0 Å². The molecule has 2 rings (SSSR count). The number of aromatic nitrogens is 2. The molecular weight excluding hydrogens is 236 g/mol. The third-order valence-electron chi connectivity index (χ3n) is 3.94. The first-order valence-electron chi connectivity index (χ1n) is 7.36. The van der Waals surface area contributed by atoms with Gasteiger partial charge in [-0.3, -0.25) is 4.68 Å². The Hall–Kier alpha value is -1.03. The molecule has 0 saturated heterocycles. The van der Waals surface area contributed by atoms with Crippen LogP contribution in [-0.2, 0) is 7.05 Å². The predicted molar refractivity (Wildman–Crippen MR) is 80.5 cm³/mol. The maximum absolute atomic E-state index is 4.29. The molecule has 0 aliphatic heterocycles. The van der Waals surface area contributed by atoms with E-state index < -0.39 is 0 Å². The molecule has 1 aliphatic carbocycles.